The molecule has 0 unspecified atom stereocenters. The molecule has 116 valence electrons. The number of hydrogen-bond acceptors (Lipinski definition) is 3. The monoisotopic (exact) mass is 311 g/mol. The van der Waals surface area contributed by atoms with Crippen molar-refractivity contribution in [2.24, 2.45) is 0 Å². The maximum absolute atomic E-state index is 13.1. The van der Waals surface area contributed by atoms with Gasteiger partial charge in [-0.2, -0.15) is 5.26 Å². The van der Waals surface area contributed by atoms with Crippen LogP contribution in [-0.4, -0.2) is 22.2 Å². The Bertz CT molecular complexity index is 900. The molecule has 0 aliphatic heterocycles. The van der Waals surface area contributed by atoms with Crippen LogP contribution >= 0.6 is 0 Å². The van der Waals surface area contributed by atoms with Crippen LogP contribution in [-0.2, 0) is 11.3 Å². The van der Waals surface area contributed by atoms with Crippen LogP contribution in [0.3, 0.4) is 0 Å². The van der Waals surface area contributed by atoms with E-state index in [-0.39, 0.29) is 12.2 Å². The third-order valence-electron chi connectivity index (χ3n) is 3.71. The zero-order valence-corrected chi connectivity index (χ0v) is 12.5. The fourth-order valence-corrected chi connectivity index (χ4v) is 2.65. The predicted octanol–water partition coefficient (Wildman–Crippen LogP) is 3.27. The van der Waals surface area contributed by atoms with Crippen molar-refractivity contribution < 1.29 is 13.9 Å². The fourth-order valence-electron chi connectivity index (χ4n) is 2.65. The summed E-state index contributed by atoms with van der Waals surface area (Å²) in [6.45, 7) is 0.401. The minimum Gasteiger partial charge on any atom is -0.464 e. The molecule has 0 N–H and O–H groups in total. The van der Waals surface area contributed by atoms with Crippen molar-refractivity contribution in [2.75, 3.05) is 7.11 Å². The van der Waals surface area contributed by atoms with Gasteiger partial charge in [0.1, 0.15) is 11.5 Å². The van der Waals surface area contributed by atoms with Gasteiger partial charge in [-0.05, 0) is 36.4 Å². The maximum Gasteiger partial charge on any atom is 0.354 e. The summed E-state index contributed by atoms with van der Waals surface area (Å²) in [4.78, 5) is 12.0. The molecule has 0 aliphatic carbocycles. The first-order valence-corrected chi connectivity index (χ1v) is 7.07. The van der Waals surface area contributed by atoms with Crippen molar-refractivity contribution in [3.05, 3.63) is 54.1 Å². The lowest BCUT2D eigenvalue weighted by molar-refractivity contribution is 0.0589. The van der Waals surface area contributed by atoms with Gasteiger partial charge >= 0.3 is 5.97 Å². The van der Waals surface area contributed by atoms with E-state index in [0.29, 0.717) is 12.2 Å². The summed E-state index contributed by atoms with van der Waals surface area (Å²) in [5.41, 5.74) is 2.80. The molecule has 6 heteroatoms. The number of halogens is 1. The van der Waals surface area contributed by atoms with E-state index in [2.05, 4.69) is 6.07 Å². The highest BCUT2D eigenvalue weighted by Gasteiger charge is 2.18. The minimum atomic E-state index is -0.454. The minimum absolute atomic E-state index is 0.287. The van der Waals surface area contributed by atoms with E-state index in [4.69, 9.17) is 10.00 Å². The first-order chi connectivity index (χ1) is 11.2. The van der Waals surface area contributed by atoms with E-state index in [9.17, 15) is 9.18 Å². The molecule has 0 amide bonds. The number of carbonyl (C=O) groups is 1. The van der Waals surface area contributed by atoms with Crippen LogP contribution in [0.1, 0.15) is 16.9 Å². The second kappa shape index (κ2) is 5.97. The molecule has 0 fully saturated rings. The summed E-state index contributed by atoms with van der Waals surface area (Å²) >= 11 is 0. The number of fused-ring (bicyclic) bond motifs is 1. The number of benzene rings is 1. The number of aromatic nitrogens is 2. The highest BCUT2D eigenvalue weighted by atomic mass is 19.1. The van der Waals surface area contributed by atoms with Crippen molar-refractivity contribution in [1.29, 1.82) is 5.26 Å². The van der Waals surface area contributed by atoms with Crippen LogP contribution < -0.4 is 0 Å². The Balaban J connectivity index is 2.16. The van der Waals surface area contributed by atoms with E-state index in [1.807, 2.05) is 16.8 Å². The van der Waals surface area contributed by atoms with Gasteiger partial charge in [-0.25, -0.2) is 9.18 Å². The van der Waals surface area contributed by atoms with Gasteiger partial charge in [0.2, 0.25) is 0 Å². The van der Waals surface area contributed by atoms with Gasteiger partial charge < -0.3 is 13.9 Å². The quantitative estimate of drug-likeness (QED) is 0.695. The van der Waals surface area contributed by atoms with Crippen LogP contribution in [0.2, 0.25) is 0 Å². The summed E-state index contributed by atoms with van der Waals surface area (Å²) in [6, 6.07) is 11.8. The molecular weight excluding hydrogens is 297 g/mol. The number of methoxy groups -OCH3 is 1. The van der Waals surface area contributed by atoms with E-state index >= 15 is 0 Å². The van der Waals surface area contributed by atoms with Crippen LogP contribution in [0, 0.1) is 17.1 Å². The summed E-state index contributed by atoms with van der Waals surface area (Å²) < 4.78 is 21.5. The Kier molecular flexibility index (Phi) is 3.85. The molecule has 1 aromatic carbocycles. The molecule has 0 saturated heterocycles. The molecule has 3 rings (SSSR count). The molecule has 2 heterocycles. The third-order valence-corrected chi connectivity index (χ3v) is 3.71. The van der Waals surface area contributed by atoms with Crippen molar-refractivity contribution in [2.45, 2.75) is 13.0 Å². The predicted molar refractivity (Wildman–Crippen MR) is 82.8 cm³/mol. The number of carbonyl (C=O) groups excluding carboxylic acids is 1. The van der Waals surface area contributed by atoms with Crippen molar-refractivity contribution in [3.8, 4) is 11.8 Å². The number of hydrogen-bond donors (Lipinski definition) is 0. The Morgan fingerprint density at radius 2 is 2.00 bits per heavy atom. The Hall–Kier alpha value is -3.07. The highest BCUT2D eigenvalue weighted by molar-refractivity contribution is 5.95. The van der Waals surface area contributed by atoms with Crippen molar-refractivity contribution in [3.63, 3.8) is 0 Å². The molecule has 0 saturated carbocycles. The van der Waals surface area contributed by atoms with Crippen LogP contribution in [0.15, 0.2) is 42.6 Å². The van der Waals surface area contributed by atoms with Gasteiger partial charge in [-0.3, -0.25) is 0 Å². The number of ether oxygens (including phenoxy) is 1. The molecule has 5 nitrogen and oxygen atoms in total. The summed E-state index contributed by atoms with van der Waals surface area (Å²) in [5, 5.41) is 8.81. The summed E-state index contributed by atoms with van der Waals surface area (Å²) in [5.74, 6) is -0.760. The normalized spacial score (nSPS) is 10.7. The van der Waals surface area contributed by atoms with Gasteiger partial charge in [0.15, 0.2) is 0 Å². The first-order valence-electron chi connectivity index (χ1n) is 7.07. The zero-order chi connectivity index (χ0) is 16.4. The molecular formula is C17H14FN3O2. The average Bonchev–Trinajstić information content (AvgIpc) is 3.12. The Labute approximate surface area is 132 Å². The van der Waals surface area contributed by atoms with Gasteiger partial charge in [-0.1, -0.05) is 0 Å². The Morgan fingerprint density at radius 1 is 1.26 bits per heavy atom. The molecule has 2 aromatic heterocycles. The zero-order valence-electron chi connectivity index (χ0n) is 12.5. The number of aryl methyl sites for hydroxylation is 1. The van der Waals surface area contributed by atoms with Crippen LogP contribution in [0.5, 0.6) is 0 Å². The number of esters is 1. The largest absolute Gasteiger partial charge is 0.464 e. The molecule has 0 radical (unpaired) electrons. The first kappa shape index (κ1) is 14.9. The van der Waals surface area contributed by atoms with E-state index in [1.54, 1.807) is 22.8 Å². The molecule has 0 aliphatic rings. The van der Waals surface area contributed by atoms with Crippen LogP contribution in [0.25, 0.3) is 16.7 Å². The fraction of sp³-hybridized carbons (Fsp3) is 0.176. The topological polar surface area (TPSA) is 59.9 Å². The van der Waals surface area contributed by atoms with E-state index < -0.39 is 5.97 Å². The lowest BCUT2D eigenvalue weighted by Crippen LogP contribution is -2.10. The van der Waals surface area contributed by atoms with Crippen LogP contribution in [0.4, 0.5) is 4.39 Å². The number of nitriles is 1. The maximum atomic E-state index is 13.1. The summed E-state index contributed by atoms with van der Waals surface area (Å²) in [6.07, 6.45) is 2.14. The van der Waals surface area contributed by atoms with Crippen molar-refractivity contribution in [1.82, 2.24) is 9.13 Å². The van der Waals surface area contributed by atoms with E-state index in [0.717, 1.165) is 16.7 Å². The lowest BCUT2D eigenvalue weighted by atomic mass is 10.3. The highest BCUT2D eigenvalue weighted by Crippen LogP contribution is 2.25. The lowest BCUT2D eigenvalue weighted by Gasteiger charge is -2.05. The van der Waals surface area contributed by atoms with Gasteiger partial charge in [0.05, 0.1) is 30.6 Å². The molecule has 3 aromatic rings. The van der Waals surface area contributed by atoms with Gasteiger partial charge in [-0.15, -0.1) is 0 Å². The standard InChI is InChI=1S/C17H14FN3O2/c1-23-17(22)16-11-15-14(21(16)9-2-8-19)7-10-20(15)13-5-3-12(18)4-6-13/h3-7,10-11H,2,9H2,1H3. The smallest absolute Gasteiger partial charge is 0.354 e. The summed E-state index contributed by atoms with van der Waals surface area (Å²) in [7, 11) is 1.32. The number of rotatable bonds is 4. The Morgan fingerprint density at radius 3 is 2.65 bits per heavy atom. The van der Waals surface area contributed by atoms with Gasteiger partial charge in [0, 0.05) is 18.4 Å². The van der Waals surface area contributed by atoms with E-state index in [1.165, 1.54) is 19.2 Å². The molecule has 23 heavy (non-hydrogen) atoms. The van der Waals surface area contributed by atoms with Crippen molar-refractivity contribution >= 4 is 17.0 Å². The van der Waals surface area contributed by atoms with Gasteiger partial charge in [0.25, 0.3) is 0 Å². The second-order valence-corrected chi connectivity index (χ2v) is 5.01. The molecule has 0 atom stereocenters. The molecule has 0 bridgehead atoms. The second-order valence-electron chi connectivity index (χ2n) is 5.01. The average molecular weight is 311 g/mol. The SMILES string of the molecule is COC(=O)c1cc2c(ccn2-c2ccc(F)cc2)n1CCC#N. The number of nitrogens with zero attached hydrogens (tertiary/aromatic N) is 3. The third kappa shape index (κ3) is 2.57. The molecule has 0 spiro atoms.